The minimum absolute atomic E-state index is 0.0859. The number of carboxylic acids is 4. The van der Waals surface area contributed by atoms with Gasteiger partial charge in [0.25, 0.3) is 0 Å². The van der Waals surface area contributed by atoms with Crippen LogP contribution in [0, 0.1) is 23.7 Å². The summed E-state index contributed by atoms with van der Waals surface area (Å²) >= 11 is 0. The number of rotatable bonds is 29. The quantitative estimate of drug-likeness (QED) is 0.0328. The van der Waals surface area contributed by atoms with E-state index in [1.807, 2.05) is 13.8 Å². The molecule has 0 rings (SSSR count). The van der Waals surface area contributed by atoms with Gasteiger partial charge in [-0.3, -0.25) is 28.8 Å². The van der Waals surface area contributed by atoms with E-state index in [0.29, 0.717) is 19.3 Å². The van der Waals surface area contributed by atoms with Gasteiger partial charge >= 0.3 is 35.8 Å². The molecular formula is C34H59NO14. The van der Waals surface area contributed by atoms with E-state index in [9.17, 15) is 49.2 Å². The van der Waals surface area contributed by atoms with E-state index >= 15 is 0 Å². The lowest BCUT2D eigenvalue weighted by Crippen LogP contribution is -2.42. The van der Waals surface area contributed by atoms with Gasteiger partial charge in [-0.1, -0.05) is 65.7 Å². The Morgan fingerprint density at radius 1 is 0.633 bits per heavy atom. The van der Waals surface area contributed by atoms with E-state index in [1.165, 1.54) is 0 Å². The van der Waals surface area contributed by atoms with E-state index in [2.05, 4.69) is 0 Å². The zero-order chi connectivity index (χ0) is 37.7. The van der Waals surface area contributed by atoms with Crippen LogP contribution in [0.4, 0.5) is 0 Å². The molecule has 8 N–H and O–H groups in total. The topological polar surface area (TPSA) is 268 Å². The second-order valence-electron chi connectivity index (χ2n) is 13.4. The van der Waals surface area contributed by atoms with Crippen molar-refractivity contribution in [2.45, 2.75) is 154 Å². The number of ether oxygens (including phenoxy) is 2. The Hall–Kier alpha value is -3.30. The van der Waals surface area contributed by atoms with Crippen LogP contribution in [-0.4, -0.2) is 96.9 Å². The maximum Gasteiger partial charge on any atom is 0.307 e. The number of hydrogen-bond donors (Lipinski definition) is 7. The molecule has 9 atom stereocenters. The van der Waals surface area contributed by atoms with E-state index in [0.717, 1.165) is 38.5 Å². The summed E-state index contributed by atoms with van der Waals surface area (Å²) in [6.07, 6.45) is 0.203. The van der Waals surface area contributed by atoms with E-state index in [-0.39, 0.29) is 18.8 Å². The van der Waals surface area contributed by atoms with Crippen LogP contribution in [0.5, 0.6) is 0 Å². The SMILES string of the molecule is [13CH3][13CH2][13CH2][13CH2][13C@@H]([13CH3])[13C@@H](O[13C](=O)[13CH2][13C@@H]([13CH2][13C](=O)O)[13C](=O)O)[13C@H]([13CH2][13C@@H]([13CH3])[13CH2][13CH2][13CH2][13CH2][13CH2][13CH2][13C@@H](O)[13CH2][13C@H](O)[13C@H]([13CH3])N)O[13C](=O)[13CH2][13C@@H]([13CH2][13C](=O)O)[13C](=O)O. The average molecular weight is 740 g/mol. The molecule has 0 aromatic heterocycles. The second-order valence-corrected chi connectivity index (χ2v) is 13.4. The van der Waals surface area contributed by atoms with Crippen molar-refractivity contribution in [1.82, 2.24) is 0 Å². The first-order valence-corrected chi connectivity index (χ1v) is 17.3. The fraction of sp³-hybridized carbons (Fsp3) is 0.824. The van der Waals surface area contributed by atoms with Crippen LogP contribution in [0.15, 0.2) is 0 Å². The predicted molar refractivity (Wildman–Crippen MR) is 176 cm³/mol. The van der Waals surface area contributed by atoms with Crippen molar-refractivity contribution in [1.29, 1.82) is 0 Å². The number of unbranched alkanes of at least 4 members (excludes halogenated alkanes) is 4. The summed E-state index contributed by atoms with van der Waals surface area (Å²) in [7, 11) is 0. The van der Waals surface area contributed by atoms with Crippen molar-refractivity contribution in [2.24, 2.45) is 29.4 Å². The number of aliphatic hydroxyl groups is 2. The standard InChI is InChI=1S/C34H59NO14/c1-5-6-12-21(3)32(49-31(43)18-24(34(46)47)16-29(40)41)27(48-30(42)17-23(33(44)45)15-28(38)39)14-20(2)11-9-7-8-10-13-25(36)19-26(37)22(4)35/h20-27,32,36-37H,5-19,35H2,1-4H3,(H,38,39)(H,40,41)(H,44,45)(H,46,47)/t20-,21+,22-,23+,24+,25+,26-,27-,32+/m0/s1/i1+1,2+1,3+1,4+1,5+1,6+1,7+1,8+1,9+1,10+1,11+1,12+1,13+1,14+1,15+1,16+1,17+1,18+1,19+1,20+1,21+1,22+1,23+1,24+1,25+1,26+1,27+1,28+1,29+1,30+1,31+1,32+1,33+1,34+1. The monoisotopic (exact) mass is 740 g/mol. The van der Waals surface area contributed by atoms with Crippen molar-refractivity contribution in [2.75, 3.05) is 0 Å². The number of carbonyl (C=O) groups is 6. The van der Waals surface area contributed by atoms with E-state index in [4.69, 9.17) is 25.4 Å². The molecule has 0 unspecified atom stereocenters. The van der Waals surface area contributed by atoms with Crippen molar-refractivity contribution in [3.63, 3.8) is 0 Å². The number of aliphatic hydroxyl groups excluding tert-OH is 2. The highest BCUT2D eigenvalue weighted by atomic mass is 16.8. The second kappa shape index (κ2) is 24.8. The Morgan fingerprint density at radius 2 is 1.12 bits per heavy atom. The van der Waals surface area contributed by atoms with Gasteiger partial charge in [-0.05, 0) is 38.0 Å². The van der Waals surface area contributed by atoms with Crippen LogP contribution < -0.4 is 5.73 Å². The third-order valence-electron chi connectivity index (χ3n) is 8.60. The first-order valence-electron chi connectivity index (χ1n) is 17.3. The van der Waals surface area contributed by atoms with E-state index < -0.39 is 110 Å². The largest absolute Gasteiger partial charge is 0.481 e. The molecule has 0 heterocycles. The molecule has 15 heteroatoms. The summed E-state index contributed by atoms with van der Waals surface area (Å²) in [5.41, 5.74) is 5.64. The van der Waals surface area contributed by atoms with Gasteiger partial charge in [0.2, 0.25) is 0 Å². The molecule has 15 nitrogen and oxygen atoms in total. The molecule has 0 fully saturated rings. The van der Waals surface area contributed by atoms with Crippen molar-refractivity contribution in [3.05, 3.63) is 0 Å². The summed E-state index contributed by atoms with van der Waals surface area (Å²) in [6, 6.07) is -0.432. The molecule has 0 radical (unpaired) electrons. The van der Waals surface area contributed by atoms with Gasteiger partial charge in [0, 0.05) is 12.5 Å². The molecule has 0 saturated heterocycles. The average Bonchev–Trinajstić information content (AvgIpc) is 2.98. The van der Waals surface area contributed by atoms with E-state index in [1.54, 1.807) is 13.8 Å². The van der Waals surface area contributed by atoms with Crippen LogP contribution in [0.1, 0.15) is 124 Å². The number of esters is 2. The van der Waals surface area contributed by atoms with Gasteiger partial charge in [-0.25, -0.2) is 0 Å². The van der Waals surface area contributed by atoms with Gasteiger partial charge in [-0.2, -0.15) is 0 Å². The maximum atomic E-state index is 13.0. The lowest BCUT2D eigenvalue weighted by Gasteiger charge is -2.33. The van der Waals surface area contributed by atoms with Gasteiger partial charge in [0.05, 0.1) is 49.7 Å². The third kappa shape index (κ3) is 21.4. The highest BCUT2D eigenvalue weighted by Crippen LogP contribution is 2.29. The van der Waals surface area contributed by atoms with Crippen molar-refractivity contribution < 1.29 is 68.9 Å². The number of carbonyl (C=O) groups excluding carboxylic acids is 2. The normalized spacial score (nSPS) is 17.0. The number of aliphatic carboxylic acids is 4. The zero-order valence-corrected chi connectivity index (χ0v) is 29.3. The molecule has 0 bridgehead atoms. The van der Waals surface area contributed by atoms with Gasteiger partial charge < -0.3 is 45.8 Å². The maximum absolute atomic E-state index is 13.0. The molecule has 0 spiro atoms. The minimum Gasteiger partial charge on any atom is -0.481 e. The smallest absolute Gasteiger partial charge is 0.307 e. The van der Waals surface area contributed by atoms with Crippen LogP contribution >= 0.6 is 0 Å². The lowest BCUT2D eigenvalue weighted by molar-refractivity contribution is -0.177. The lowest BCUT2D eigenvalue weighted by atomic mass is 10.9. The summed E-state index contributed by atoms with van der Waals surface area (Å²) in [5, 5.41) is 57.0. The Morgan fingerprint density at radius 3 is 1.57 bits per heavy atom. The van der Waals surface area contributed by atoms with Gasteiger partial charge in [0.15, 0.2) is 0 Å². The molecule has 284 valence electrons. The molecule has 0 aliphatic carbocycles. The Labute approximate surface area is 288 Å². The fourth-order valence-electron chi connectivity index (χ4n) is 5.58. The van der Waals surface area contributed by atoms with Gasteiger partial charge in [0.1, 0.15) is 12.2 Å². The van der Waals surface area contributed by atoms with Gasteiger partial charge in [-0.15, -0.1) is 0 Å². The zero-order valence-electron chi connectivity index (χ0n) is 29.3. The first-order chi connectivity index (χ1) is 22.9. The molecular weight excluding hydrogens is 680 g/mol. The van der Waals surface area contributed by atoms with Crippen molar-refractivity contribution >= 4 is 35.8 Å². The summed E-state index contributed by atoms with van der Waals surface area (Å²) < 4.78 is 11.5. The highest BCUT2D eigenvalue weighted by Gasteiger charge is 2.37. The Bertz CT molecular complexity index is 1030. The third-order valence-corrected chi connectivity index (χ3v) is 8.60. The molecule has 0 aromatic carbocycles. The van der Waals surface area contributed by atoms with Crippen LogP contribution in [0.25, 0.3) is 0 Å². The molecule has 49 heavy (non-hydrogen) atoms. The summed E-state index contributed by atoms with van der Waals surface area (Å²) in [5.74, 6) is -11.3. The summed E-state index contributed by atoms with van der Waals surface area (Å²) in [4.78, 5) is 71.6. The predicted octanol–water partition coefficient (Wildman–Crippen LogP) is 3.59. The molecule has 0 aliphatic rings. The number of carboxylic acid groups (broad SMARTS) is 4. The Balaban J connectivity index is 5.84. The van der Waals surface area contributed by atoms with Crippen LogP contribution in [0.3, 0.4) is 0 Å². The number of hydrogen-bond acceptors (Lipinski definition) is 11. The molecule has 0 aliphatic heterocycles. The minimum atomic E-state index is -1.55. The Kier molecular flexibility index (Phi) is 23.1. The first kappa shape index (κ1) is 45.7. The van der Waals surface area contributed by atoms with Crippen LogP contribution in [-0.2, 0) is 38.2 Å². The summed E-state index contributed by atoms with van der Waals surface area (Å²) in [6.45, 7) is 7.31. The highest BCUT2D eigenvalue weighted by molar-refractivity contribution is 5.83. The van der Waals surface area contributed by atoms with Crippen molar-refractivity contribution in [3.8, 4) is 0 Å². The molecule has 0 amide bonds. The molecule has 0 aromatic rings. The fourth-order valence-corrected chi connectivity index (χ4v) is 5.58. The van der Waals surface area contributed by atoms with Crippen LogP contribution in [0.2, 0.25) is 0 Å². The number of nitrogens with two attached hydrogens (primary N) is 1. The molecule has 0 saturated carbocycles.